The Morgan fingerprint density at radius 1 is 0.875 bits per heavy atom. The Kier molecular flexibility index (Phi) is 245. The van der Waals surface area contributed by atoms with Gasteiger partial charge in [0, 0.05) is 0 Å². The zero-order valence-electron chi connectivity index (χ0n) is 4.54. The van der Waals surface area contributed by atoms with E-state index in [1.54, 1.807) is 0 Å². The first kappa shape index (κ1) is 25.4. The number of rotatable bonds is 0. The molecule has 0 radical (unpaired) electrons. The summed E-state index contributed by atoms with van der Waals surface area (Å²) in [5.74, 6) is 0. The molecule has 0 bridgehead atoms. The SMILES string of the molecule is C=CN.C=CN.Cl.Cl. The van der Waals surface area contributed by atoms with Crippen molar-refractivity contribution in [3.05, 3.63) is 25.6 Å². The Labute approximate surface area is 62.4 Å². The second kappa shape index (κ2) is 77.4. The van der Waals surface area contributed by atoms with Gasteiger partial charge < -0.3 is 11.5 Å². The third-order valence-corrected chi connectivity index (χ3v) is 0. The molecule has 0 rings (SSSR count). The van der Waals surface area contributed by atoms with E-state index in [1.165, 1.54) is 12.4 Å². The summed E-state index contributed by atoms with van der Waals surface area (Å²) in [6.07, 6.45) is 2.50. The highest BCUT2D eigenvalue weighted by Gasteiger charge is 1.09. The molecule has 0 amide bonds. The molecule has 0 aliphatic rings. The summed E-state index contributed by atoms with van der Waals surface area (Å²) in [5, 5.41) is 0. The predicted molar refractivity (Wildman–Crippen MR) is 43.3 cm³/mol. The van der Waals surface area contributed by atoms with Gasteiger partial charge in [-0.15, -0.1) is 24.8 Å². The fraction of sp³-hybridized carbons (Fsp3) is 0. The molecule has 2 nitrogen and oxygen atoms in total. The van der Waals surface area contributed by atoms with Crippen molar-refractivity contribution in [3.8, 4) is 0 Å². The number of nitrogens with two attached hydrogens (primary N) is 2. The van der Waals surface area contributed by atoms with E-state index in [0.29, 0.717) is 0 Å². The molecule has 0 atom stereocenters. The molecule has 0 aliphatic carbocycles. The quantitative estimate of drug-likeness (QED) is 0.554. The highest BCUT2D eigenvalue weighted by atomic mass is 35.5. The van der Waals surface area contributed by atoms with Crippen molar-refractivity contribution in [2.75, 3.05) is 0 Å². The summed E-state index contributed by atoms with van der Waals surface area (Å²) in [7, 11) is 0. The van der Waals surface area contributed by atoms with Crippen LogP contribution in [0.3, 0.4) is 0 Å². The lowest BCUT2D eigenvalue weighted by molar-refractivity contribution is 1.64. The van der Waals surface area contributed by atoms with Gasteiger partial charge >= 0.3 is 0 Å². The minimum Gasteiger partial charge on any atom is -0.405 e. The first-order valence-electron chi connectivity index (χ1n) is 1.48. The largest absolute Gasteiger partial charge is 0.405 e. The van der Waals surface area contributed by atoms with E-state index >= 15 is 0 Å². The van der Waals surface area contributed by atoms with Gasteiger partial charge in [0.25, 0.3) is 0 Å². The Balaban J connectivity index is -0.0000000160. The van der Waals surface area contributed by atoms with Gasteiger partial charge in [-0.1, -0.05) is 13.2 Å². The molecule has 0 saturated heterocycles. The third kappa shape index (κ3) is 1060. The van der Waals surface area contributed by atoms with E-state index in [-0.39, 0.29) is 24.8 Å². The second-order valence-corrected chi connectivity index (χ2v) is 0.471. The van der Waals surface area contributed by atoms with Crippen molar-refractivity contribution in [2.45, 2.75) is 0 Å². The molecule has 8 heavy (non-hydrogen) atoms. The van der Waals surface area contributed by atoms with E-state index in [9.17, 15) is 0 Å². The first-order chi connectivity index (χ1) is 2.83. The van der Waals surface area contributed by atoms with E-state index in [1.807, 2.05) is 0 Å². The van der Waals surface area contributed by atoms with Crippen LogP contribution in [0.2, 0.25) is 0 Å². The first-order valence-corrected chi connectivity index (χ1v) is 1.48. The molecule has 4 N–H and O–H groups in total. The zero-order valence-corrected chi connectivity index (χ0v) is 6.17. The Morgan fingerprint density at radius 3 is 0.875 bits per heavy atom. The van der Waals surface area contributed by atoms with Crippen LogP contribution in [-0.2, 0) is 0 Å². The van der Waals surface area contributed by atoms with Gasteiger partial charge in [0.05, 0.1) is 0 Å². The van der Waals surface area contributed by atoms with Crippen molar-refractivity contribution in [1.82, 2.24) is 0 Å². The molecular formula is C4H12Cl2N2. The van der Waals surface area contributed by atoms with Crippen LogP contribution >= 0.6 is 24.8 Å². The summed E-state index contributed by atoms with van der Waals surface area (Å²) < 4.78 is 0. The van der Waals surface area contributed by atoms with E-state index in [4.69, 9.17) is 0 Å². The monoisotopic (exact) mass is 158 g/mol. The minimum absolute atomic E-state index is 0. The minimum atomic E-state index is 0. The highest BCUT2D eigenvalue weighted by molar-refractivity contribution is 5.85. The van der Waals surface area contributed by atoms with Crippen LogP contribution in [0.25, 0.3) is 0 Å². The normalized spacial score (nSPS) is 3.00. The molecule has 4 heteroatoms. The average molecular weight is 159 g/mol. The lowest BCUT2D eigenvalue weighted by atomic mass is 11.1. The van der Waals surface area contributed by atoms with Gasteiger partial charge in [-0.2, -0.15) is 0 Å². The van der Waals surface area contributed by atoms with Crippen LogP contribution in [0, 0.1) is 0 Å². The van der Waals surface area contributed by atoms with Crippen molar-refractivity contribution in [3.63, 3.8) is 0 Å². The van der Waals surface area contributed by atoms with Crippen molar-refractivity contribution >= 4 is 24.8 Å². The maximum absolute atomic E-state index is 4.61. The molecule has 0 fully saturated rings. The highest BCUT2D eigenvalue weighted by Crippen LogP contribution is 1.14. The van der Waals surface area contributed by atoms with Crippen molar-refractivity contribution in [2.24, 2.45) is 11.5 Å². The second-order valence-electron chi connectivity index (χ2n) is 0.471. The number of halogens is 2. The molecule has 0 unspecified atom stereocenters. The molecule has 0 aromatic carbocycles. The maximum atomic E-state index is 4.61. The maximum Gasteiger partial charge on any atom is -0.0136 e. The van der Waals surface area contributed by atoms with Crippen LogP contribution in [0.15, 0.2) is 25.6 Å². The van der Waals surface area contributed by atoms with Gasteiger partial charge in [0.15, 0.2) is 0 Å². The fourth-order valence-corrected chi connectivity index (χ4v) is 0. The Bertz CT molecular complexity index is 33.0. The van der Waals surface area contributed by atoms with Crippen molar-refractivity contribution < 1.29 is 0 Å². The molecule has 0 aromatic rings. The zero-order chi connectivity index (χ0) is 5.41. The van der Waals surface area contributed by atoms with E-state index in [0.717, 1.165) is 0 Å². The molecule has 0 aromatic heterocycles. The van der Waals surface area contributed by atoms with Crippen LogP contribution in [0.1, 0.15) is 0 Å². The van der Waals surface area contributed by atoms with Crippen LogP contribution in [0.5, 0.6) is 0 Å². The lowest BCUT2D eigenvalue weighted by Gasteiger charge is -1.40. The Hall–Kier alpha value is -0.340. The summed E-state index contributed by atoms with van der Waals surface area (Å²) in [4.78, 5) is 0. The van der Waals surface area contributed by atoms with E-state index in [2.05, 4.69) is 24.6 Å². The molecule has 52 valence electrons. The topological polar surface area (TPSA) is 52.0 Å². The summed E-state index contributed by atoms with van der Waals surface area (Å²) >= 11 is 0. The number of hydrogen-bond donors (Lipinski definition) is 2. The van der Waals surface area contributed by atoms with Crippen LogP contribution in [-0.4, -0.2) is 0 Å². The van der Waals surface area contributed by atoms with Gasteiger partial charge in [-0.3, -0.25) is 0 Å². The predicted octanol–water partition coefficient (Wildman–Crippen LogP) is 1.02. The van der Waals surface area contributed by atoms with Gasteiger partial charge in [-0.05, 0) is 12.4 Å². The van der Waals surface area contributed by atoms with E-state index < -0.39 is 0 Å². The van der Waals surface area contributed by atoms with Crippen molar-refractivity contribution in [1.29, 1.82) is 0 Å². The third-order valence-electron chi connectivity index (χ3n) is 0. The summed E-state index contributed by atoms with van der Waals surface area (Å²) in [5.41, 5.74) is 9.22. The summed E-state index contributed by atoms with van der Waals surface area (Å²) in [6, 6.07) is 0. The van der Waals surface area contributed by atoms with Gasteiger partial charge in [0.1, 0.15) is 0 Å². The number of hydrogen-bond acceptors (Lipinski definition) is 2. The smallest absolute Gasteiger partial charge is 0.0136 e. The molecule has 0 spiro atoms. The molecular weight excluding hydrogens is 147 g/mol. The van der Waals surface area contributed by atoms with Crippen LogP contribution < -0.4 is 11.5 Å². The molecule has 0 saturated carbocycles. The standard InChI is InChI=1S/2C2H5N.2ClH/c2*1-2-3;;/h2*2H,1,3H2;2*1H. The fourth-order valence-electron chi connectivity index (χ4n) is 0. The molecule has 0 aliphatic heterocycles. The average Bonchev–Trinajstić information content (AvgIpc) is 1.39. The van der Waals surface area contributed by atoms with Gasteiger partial charge in [-0.25, -0.2) is 0 Å². The summed E-state index contributed by atoms with van der Waals surface area (Å²) in [6.45, 7) is 6.28. The molecule has 0 heterocycles. The van der Waals surface area contributed by atoms with Crippen LogP contribution in [0.4, 0.5) is 0 Å². The Morgan fingerprint density at radius 2 is 0.875 bits per heavy atom. The van der Waals surface area contributed by atoms with Gasteiger partial charge in [0.2, 0.25) is 0 Å². The lowest BCUT2D eigenvalue weighted by Crippen LogP contribution is -1.67.